The zero-order valence-corrected chi connectivity index (χ0v) is 13.1. The summed E-state index contributed by atoms with van der Waals surface area (Å²) in [5.74, 6) is 0. The molecule has 0 saturated carbocycles. The maximum Gasteiger partial charge on any atom is 0.0521 e. The van der Waals surface area contributed by atoms with Crippen LogP contribution in [-0.4, -0.2) is 9.78 Å². The lowest BCUT2D eigenvalue weighted by Crippen LogP contribution is -2.33. The summed E-state index contributed by atoms with van der Waals surface area (Å²) < 4.78 is 1.85. The SMILES string of the molecule is Cn1cc(CCC(C)(N)c2ccc3c(c2)CCCC3)cn1. The van der Waals surface area contributed by atoms with E-state index >= 15 is 0 Å². The van der Waals surface area contributed by atoms with Gasteiger partial charge in [-0.1, -0.05) is 18.2 Å². The molecule has 112 valence electrons. The molecule has 3 nitrogen and oxygen atoms in total. The number of benzene rings is 1. The average molecular weight is 283 g/mol. The summed E-state index contributed by atoms with van der Waals surface area (Å²) in [6.45, 7) is 2.15. The molecule has 3 rings (SSSR count). The molecule has 1 aliphatic carbocycles. The fourth-order valence-electron chi connectivity index (χ4n) is 3.24. The molecule has 3 heteroatoms. The lowest BCUT2D eigenvalue weighted by atomic mass is 9.83. The quantitative estimate of drug-likeness (QED) is 0.937. The van der Waals surface area contributed by atoms with Crippen LogP contribution in [0.5, 0.6) is 0 Å². The molecule has 1 atom stereocenters. The molecule has 0 bridgehead atoms. The summed E-state index contributed by atoms with van der Waals surface area (Å²) in [6, 6.07) is 6.87. The molecular weight excluding hydrogens is 258 g/mol. The van der Waals surface area contributed by atoms with Gasteiger partial charge in [0.1, 0.15) is 0 Å². The summed E-state index contributed by atoms with van der Waals surface area (Å²) in [7, 11) is 1.95. The summed E-state index contributed by atoms with van der Waals surface area (Å²) in [4.78, 5) is 0. The van der Waals surface area contributed by atoms with Gasteiger partial charge in [0.15, 0.2) is 0 Å². The average Bonchev–Trinajstić information content (AvgIpc) is 2.90. The van der Waals surface area contributed by atoms with Gasteiger partial charge in [0, 0.05) is 18.8 Å². The van der Waals surface area contributed by atoms with Gasteiger partial charge in [-0.2, -0.15) is 5.10 Å². The maximum atomic E-state index is 6.60. The van der Waals surface area contributed by atoms with Crippen LogP contribution in [0.15, 0.2) is 30.6 Å². The molecule has 0 aliphatic heterocycles. The van der Waals surface area contributed by atoms with Gasteiger partial charge in [-0.3, -0.25) is 4.68 Å². The van der Waals surface area contributed by atoms with Crippen molar-refractivity contribution in [1.82, 2.24) is 9.78 Å². The minimum Gasteiger partial charge on any atom is -0.322 e. The molecule has 0 fully saturated rings. The number of rotatable bonds is 4. The standard InChI is InChI=1S/C18H25N3/c1-18(19,10-9-14-12-20-21(2)13-14)17-8-7-15-5-3-4-6-16(15)11-17/h7-8,11-13H,3-6,9-10,19H2,1-2H3. The second-order valence-electron chi connectivity index (χ2n) is 6.63. The van der Waals surface area contributed by atoms with E-state index in [0.29, 0.717) is 0 Å². The molecule has 0 saturated heterocycles. The van der Waals surface area contributed by atoms with E-state index in [1.807, 2.05) is 17.9 Å². The summed E-state index contributed by atoms with van der Waals surface area (Å²) >= 11 is 0. The molecular formula is C18H25N3. The van der Waals surface area contributed by atoms with Crippen LogP contribution in [0.4, 0.5) is 0 Å². The van der Waals surface area contributed by atoms with Crippen LogP contribution >= 0.6 is 0 Å². The lowest BCUT2D eigenvalue weighted by Gasteiger charge is -2.27. The van der Waals surface area contributed by atoms with E-state index in [2.05, 4.69) is 36.4 Å². The van der Waals surface area contributed by atoms with Crippen molar-refractivity contribution >= 4 is 0 Å². The number of fused-ring (bicyclic) bond motifs is 1. The molecule has 2 aromatic rings. The first-order valence-electron chi connectivity index (χ1n) is 7.93. The Kier molecular flexibility index (Phi) is 3.85. The summed E-state index contributed by atoms with van der Waals surface area (Å²) in [5.41, 5.74) is 11.9. The van der Waals surface area contributed by atoms with Crippen molar-refractivity contribution in [1.29, 1.82) is 0 Å². The highest BCUT2D eigenvalue weighted by Gasteiger charge is 2.23. The Hall–Kier alpha value is -1.61. The Morgan fingerprint density at radius 1 is 1.24 bits per heavy atom. The van der Waals surface area contributed by atoms with E-state index in [1.165, 1.54) is 47.9 Å². The minimum atomic E-state index is -0.275. The van der Waals surface area contributed by atoms with E-state index in [4.69, 9.17) is 5.73 Å². The van der Waals surface area contributed by atoms with Crippen LogP contribution in [0.3, 0.4) is 0 Å². The van der Waals surface area contributed by atoms with Gasteiger partial charge in [0.25, 0.3) is 0 Å². The molecule has 1 heterocycles. The zero-order valence-electron chi connectivity index (χ0n) is 13.1. The molecule has 2 N–H and O–H groups in total. The number of nitrogens with zero attached hydrogens (tertiary/aromatic N) is 2. The topological polar surface area (TPSA) is 43.8 Å². The van der Waals surface area contributed by atoms with Crippen molar-refractivity contribution < 1.29 is 0 Å². The first-order chi connectivity index (χ1) is 10.0. The first kappa shape index (κ1) is 14.3. The zero-order chi connectivity index (χ0) is 14.9. The summed E-state index contributed by atoms with van der Waals surface area (Å²) in [5, 5.41) is 4.22. The molecule has 0 amide bonds. The fraction of sp³-hybridized carbons (Fsp3) is 0.500. The van der Waals surface area contributed by atoms with Gasteiger partial charge >= 0.3 is 0 Å². The molecule has 1 aromatic carbocycles. The van der Waals surface area contributed by atoms with Gasteiger partial charge in [0.2, 0.25) is 0 Å². The van der Waals surface area contributed by atoms with E-state index < -0.39 is 0 Å². The van der Waals surface area contributed by atoms with Gasteiger partial charge in [-0.15, -0.1) is 0 Å². The lowest BCUT2D eigenvalue weighted by molar-refractivity contribution is 0.451. The molecule has 0 spiro atoms. The van der Waals surface area contributed by atoms with E-state index in [-0.39, 0.29) is 5.54 Å². The molecule has 1 aliphatic rings. The Labute approximate surface area is 127 Å². The first-order valence-corrected chi connectivity index (χ1v) is 7.93. The van der Waals surface area contributed by atoms with Crippen molar-refractivity contribution in [3.8, 4) is 0 Å². The summed E-state index contributed by atoms with van der Waals surface area (Å²) in [6.07, 6.45) is 11.0. The number of hydrogen-bond donors (Lipinski definition) is 1. The highest BCUT2D eigenvalue weighted by Crippen LogP contribution is 2.29. The monoisotopic (exact) mass is 283 g/mol. The normalized spacial score (nSPS) is 17.3. The van der Waals surface area contributed by atoms with Crippen LogP contribution in [0.25, 0.3) is 0 Å². The van der Waals surface area contributed by atoms with Crippen molar-refractivity contribution in [2.45, 2.75) is 51.0 Å². The van der Waals surface area contributed by atoms with E-state index in [9.17, 15) is 0 Å². The number of hydrogen-bond acceptors (Lipinski definition) is 2. The van der Waals surface area contributed by atoms with Crippen molar-refractivity contribution in [3.05, 3.63) is 52.8 Å². The fourth-order valence-corrected chi connectivity index (χ4v) is 3.24. The Morgan fingerprint density at radius 3 is 2.71 bits per heavy atom. The number of aromatic nitrogens is 2. The van der Waals surface area contributed by atoms with Gasteiger partial charge < -0.3 is 5.73 Å². The van der Waals surface area contributed by atoms with E-state index in [1.54, 1.807) is 0 Å². The van der Waals surface area contributed by atoms with E-state index in [0.717, 1.165) is 12.8 Å². The van der Waals surface area contributed by atoms with Gasteiger partial charge in [-0.25, -0.2) is 0 Å². The largest absolute Gasteiger partial charge is 0.322 e. The second-order valence-corrected chi connectivity index (χ2v) is 6.63. The van der Waals surface area contributed by atoms with Crippen LogP contribution < -0.4 is 5.73 Å². The third-order valence-electron chi connectivity index (χ3n) is 4.70. The second kappa shape index (κ2) is 5.64. The third kappa shape index (κ3) is 3.18. The maximum absolute atomic E-state index is 6.60. The van der Waals surface area contributed by atoms with Crippen molar-refractivity contribution in [2.75, 3.05) is 0 Å². The number of aryl methyl sites for hydroxylation is 4. The highest BCUT2D eigenvalue weighted by atomic mass is 15.2. The highest BCUT2D eigenvalue weighted by molar-refractivity contribution is 5.36. The van der Waals surface area contributed by atoms with Crippen molar-refractivity contribution in [2.24, 2.45) is 12.8 Å². The molecule has 1 unspecified atom stereocenters. The van der Waals surface area contributed by atoms with Crippen LogP contribution in [0.1, 0.15) is 48.4 Å². The molecule has 1 aromatic heterocycles. The Balaban J connectivity index is 1.74. The van der Waals surface area contributed by atoms with Crippen LogP contribution in [0, 0.1) is 0 Å². The predicted molar refractivity (Wildman–Crippen MR) is 86.2 cm³/mol. The molecule has 0 radical (unpaired) electrons. The van der Waals surface area contributed by atoms with Crippen molar-refractivity contribution in [3.63, 3.8) is 0 Å². The minimum absolute atomic E-state index is 0.275. The Morgan fingerprint density at radius 2 is 2.00 bits per heavy atom. The predicted octanol–water partition coefficient (Wildman–Crippen LogP) is 3.11. The van der Waals surface area contributed by atoms with Gasteiger partial charge in [0.05, 0.1) is 6.20 Å². The Bertz CT molecular complexity index is 625. The smallest absolute Gasteiger partial charge is 0.0521 e. The van der Waals surface area contributed by atoms with Gasteiger partial charge in [-0.05, 0) is 67.7 Å². The van der Waals surface area contributed by atoms with Crippen LogP contribution in [-0.2, 0) is 31.8 Å². The number of nitrogens with two attached hydrogens (primary N) is 1. The third-order valence-corrected chi connectivity index (χ3v) is 4.70. The van der Waals surface area contributed by atoms with Crippen LogP contribution in [0.2, 0.25) is 0 Å². The molecule has 21 heavy (non-hydrogen) atoms.